The van der Waals surface area contributed by atoms with Gasteiger partial charge in [0.2, 0.25) is 5.78 Å². The molecule has 0 saturated carbocycles. The molecule has 0 aliphatic heterocycles. The topological polar surface area (TPSA) is 61.2 Å². The Morgan fingerprint density at radius 1 is 1.24 bits per heavy atom. The highest BCUT2D eigenvalue weighted by Gasteiger charge is 2.22. The second-order valence-corrected chi connectivity index (χ2v) is 5.72. The van der Waals surface area contributed by atoms with Crippen LogP contribution in [0.15, 0.2) is 42.7 Å². The Balaban J connectivity index is 2.08. The zero-order valence-corrected chi connectivity index (χ0v) is 12.4. The molecule has 0 aliphatic rings. The first-order chi connectivity index (χ1) is 9.85. The number of aromatic nitrogens is 2. The number of hydrogen-bond donors (Lipinski definition) is 0. The Hall–Kier alpha value is -2.43. The number of Topliss-reactive ketones (excluding diaryl/α,β-unsaturated/α-hetero) is 1. The standard InChI is InChI=1S/C16H18N2O3/c1-16(2,3)21-15(20)14(19)11-12-6-4-7-13(10-12)18-9-5-8-17-18/h4-10H,11H2,1-3H3. The fourth-order valence-corrected chi connectivity index (χ4v) is 1.82. The number of rotatable bonds is 4. The van der Waals surface area contributed by atoms with E-state index in [1.165, 1.54) is 0 Å². The normalized spacial score (nSPS) is 11.2. The van der Waals surface area contributed by atoms with Gasteiger partial charge in [-0.25, -0.2) is 9.48 Å². The van der Waals surface area contributed by atoms with Crippen LogP contribution >= 0.6 is 0 Å². The monoisotopic (exact) mass is 286 g/mol. The van der Waals surface area contributed by atoms with Crippen molar-refractivity contribution in [3.05, 3.63) is 48.3 Å². The molecule has 0 radical (unpaired) electrons. The zero-order valence-electron chi connectivity index (χ0n) is 12.4. The Labute approximate surface area is 123 Å². The number of hydrogen-bond acceptors (Lipinski definition) is 4. The quantitative estimate of drug-likeness (QED) is 0.639. The first kappa shape index (κ1) is 15.0. The molecule has 110 valence electrons. The molecule has 0 atom stereocenters. The van der Waals surface area contributed by atoms with Crippen LogP contribution in [-0.4, -0.2) is 27.1 Å². The van der Waals surface area contributed by atoms with Gasteiger partial charge in [-0.05, 0) is 44.5 Å². The molecule has 0 saturated heterocycles. The summed E-state index contributed by atoms with van der Waals surface area (Å²) in [6.45, 7) is 5.20. The van der Waals surface area contributed by atoms with Gasteiger partial charge in [-0.1, -0.05) is 12.1 Å². The number of ether oxygens (including phenoxy) is 1. The summed E-state index contributed by atoms with van der Waals surface area (Å²) in [7, 11) is 0. The van der Waals surface area contributed by atoms with E-state index in [-0.39, 0.29) is 6.42 Å². The minimum atomic E-state index is -0.799. The van der Waals surface area contributed by atoms with Crippen molar-refractivity contribution < 1.29 is 14.3 Å². The summed E-state index contributed by atoms with van der Waals surface area (Å²) in [6.07, 6.45) is 3.51. The molecular formula is C16H18N2O3. The van der Waals surface area contributed by atoms with Crippen LogP contribution in [0.1, 0.15) is 26.3 Å². The van der Waals surface area contributed by atoms with E-state index in [4.69, 9.17) is 4.74 Å². The second kappa shape index (κ2) is 5.91. The molecule has 1 aromatic carbocycles. The van der Waals surface area contributed by atoms with E-state index in [1.807, 2.05) is 30.5 Å². The second-order valence-electron chi connectivity index (χ2n) is 5.72. The average molecular weight is 286 g/mol. The third-order valence-corrected chi connectivity index (χ3v) is 2.67. The smallest absolute Gasteiger partial charge is 0.375 e. The lowest BCUT2D eigenvalue weighted by Crippen LogP contribution is -2.29. The van der Waals surface area contributed by atoms with E-state index in [9.17, 15) is 9.59 Å². The summed E-state index contributed by atoms with van der Waals surface area (Å²) in [4.78, 5) is 23.6. The molecule has 5 nitrogen and oxygen atoms in total. The van der Waals surface area contributed by atoms with Gasteiger partial charge in [-0.3, -0.25) is 4.79 Å². The molecule has 0 bridgehead atoms. The van der Waals surface area contributed by atoms with E-state index in [0.29, 0.717) is 0 Å². The predicted octanol–water partition coefficient (Wildman–Crippen LogP) is 2.33. The predicted molar refractivity (Wildman–Crippen MR) is 78.1 cm³/mol. The van der Waals surface area contributed by atoms with Crippen LogP contribution in [0.2, 0.25) is 0 Å². The first-order valence-corrected chi connectivity index (χ1v) is 6.70. The molecule has 0 N–H and O–H groups in total. The molecule has 0 spiro atoms. The third kappa shape index (κ3) is 4.27. The number of nitrogens with zero attached hydrogens (tertiary/aromatic N) is 2. The third-order valence-electron chi connectivity index (χ3n) is 2.67. The number of carbonyl (C=O) groups is 2. The van der Waals surface area contributed by atoms with E-state index < -0.39 is 17.4 Å². The van der Waals surface area contributed by atoms with Crippen molar-refractivity contribution in [2.45, 2.75) is 32.8 Å². The zero-order chi connectivity index (χ0) is 15.5. The Morgan fingerprint density at radius 3 is 2.62 bits per heavy atom. The lowest BCUT2D eigenvalue weighted by atomic mass is 10.1. The Bertz CT molecular complexity index is 640. The lowest BCUT2D eigenvalue weighted by molar-refractivity contribution is -0.162. The van der Waals surface area contributed by atoms with Gasteiger partial charge in [0, 0.05) is 18.8 Å². The minimum Gasteiger partial charge on any atom is -0.454 e. The molecular weight excluding hydrogens is 268 g/mol. The summed E-state index contributed by atoms with van der Waals surface area (Å²) in [6, 6.07) is 9.16. The van der Waals surface area contributed by atoms with Crippen LogP contribution in [0.4, 0.5) is 0 Å². The van der Waals surface area contributed by atoms with Gasteiger partial charge in [-0.15, -0.1) is 0 Å². The summed E-state index contributed by atoms with van der Waals surface area (Å²) >= 11 is 0. The average Bonchev–Trinajstić information content (AvgIpc) is 2.90. The van der Waals surface area contributed by atoms with Crippen molar-refractivity contribution in [3.8, 4) is 5.69 Å². The fraction of sp³-hybridized carbons (Fsp3) is 0.312. The molecule has 0 fully saturated rings. The molecule has 21 heavy (non-hydrogen) atoms. The van der Waals surface area contributed by atoms with Crippen molar-refractivity contribution in [2.75, 3.05) is 0 Å². The van der Waals surface area contributed by atoms with E-state index >= 15 is 0 Å². The number of ketones is 1. The van der Waals surface area contributed by atoms with Gasteiger partial charge in [-0.2, -0.15) is 5.10 Å². The molecule has 1 heterocycles. The molecule has 2 aromatic rings. The lowest BCUT2D eigenvalue weighted by Gasteiger charge is -2.18. The summed E-state index contributed by atoms with van der Waals surface area (Å²) in [5.74, 6) is -1.35. The summed E-state index contributed by atoms with van der Waals surface area (Å²) < 4.78 is 6.76. The molecule has 5 heteroatoms. The fourth-order valence-electron chi connectivity index (χ4n) is 1.82. The van der Waals surface area contributed by atoms with E-state index in [1.54, 1.807) is 37.7 Å². The molecule has 0 aliphatic carbocycles. The van der Waals surface area contributed by atoms with Gasteiger partial charge >= 0.3 is 5.97 Å². The number of carbonyl (C=O) groups excluding carboxylic acids is 2. The maximum absolute atomic E-state index is 11.9. The SMILES string of the molecule is CC(C)(C)OC(=O)C(=O)Cc1cccc(-n2cccn2)c1. The van der Waals surface area contributed by atoms with Gasteiger partial charge < -0.3 is 4.74 Å². The van der Waals surface area contributed by atoms with Crippen molar-refractivity contribution in [2.24, 2.45) is 0 Å². The van der Waals surface area contributed by atoms with Gasteiger partial charge in [0.15, 0.2) is 0 Å². The van der Waals surface area contributed by atoms with Crippen molar-refractivity contribution in [3.63, 3.8) is 0 Å². The van der Waals surface area contributed by atoms with Crippen LogP contribution in [0.5, 0.6) is 0 Å². The van der Waals surface area contributed by atoms with Crippen LogP contribution in [0.3, 0.4) is 0 Å². The summed E-state index contributed by atoms with van der Waals surface area (Å²) in [5.41, 5.74) is 0.928. The molecule has 0 unspecified atom stereocenters. The van der Waals surface area contributed by atoms with Crippen LogP contribution < -0.4 is 0 Å². The van der Waals surface area contributed by atoms with Crippen LogP contribution in [0.25, 0.3) is 5.69 Å². The van der Waals surface area contributed by atoms with E-state index in [0.717, 1.165) is 11.3 Å². The van der Waals surface area contributed by atoms with Crippen LogP contribution in [0, 0.1) is 0 Å². The van der Waals surface area contributed by atoms with Gasteiger partial charge in [0.05, 0.1) is 5.69 Å². The molecule has 0 amide bonds. The molecule has 2 rings (SSSR count). The number of benzene rings is 1. The van der Waals surface area contributed by atoms with Gasteiger partial charge in [0.25, 0.3) is 0 Å². The minimum absolute atomic E-state index is 0.0179. The highest BCUT2D eigenvalue weighted by molar-refractivity contribution is 6.34. The Morgan fingerprint density at radius 2 is 2.00 bits per heavy atom. The van der Waals surface area contributed by atoms with E-state index in [2.05, 4.69) is 5.10 Å². The molecule has 1 aromatic heterocycles. The maximum atomic E-state index is 11.9. The summed E-state index contributed by atoms with van der Waals surface area (Å²) in [5, 5.41) is 4.13. The van der Waals surface area contributed by atoms with Crippen molar-refractivity contribution in [1.82, 2.24) is 9.78 Å². The van der Waals surface area contributed by atoms with Crippen LogP contribution in [-0.2, 0) is 20.7 Å². The maximum Gasteiger partial charge on any atom is 0.375 e. The first-order valence-electron chi connectivity index (χ1n) is 6.70. The van der Waals surface area contributed by atoms with Crippen molar-refractivity contribution >= 4 is 11.8 Å². The van der Waals surface area contributed by atoms with Crippen molar-refractivity contribution in [1.29, 1.82) is 0 Å². The highest BCUT2D eigenvalue weighted by atomic mass is 16.6. The van der Waals surface area contributed by atoms with Gasteiger partial charge in [0.1, 0.15) is 5.60 Å². The highest BCUT2D eigenvalue weighted by Crippen LogP contribution is 2.12. The Kier molecular flexibility index (Phi) is 4.21. The number of esters is 1. The largest absolute Gasteiger partial charge is 0.454 e.